The number of rotatable bonds is 8. The normalized spacial score (nSPS) is 13.9. The van der Waals surface area contributed by atoms with Crippen molar-refractivity contribution in [2.24, 2.45) is 5.92 Å². The van der Waals surface area contributed by atoms with E-state index in [1.54, 1.807) is 13.8 Å². The van der Waals surface area contributed by atoms with Crippen LogP contribution in [0.3, 0.4) is 0 Å². The second kappa shape index (κ2) is 9.78. The van der Waals surface area contributed by atoms with Gasteiger partial charge in [-0.3, -0.25) is 14.3 Å². The minimum atomic E-state index is -1.03. The number of carboxylic acid groups (broad SMARTS) is 1. The Morgan fingerprint density at radius 3 is 2.29 bits per heavy atom. The molecule has 2 aromatic carbocycles. The van der Waals surface area contributed by atoms with Gasteiger partial charge < -0.3 is 20.5 Å². The molecule has 3 aromatic rings. The van der Waals surface area contributed by atoms with Crippen LogP contribution in [0.15, 0.2) is 60.9 Å². The third-order valence-corrected chi connectivity index (χ3v) is 6.05. The second-order valence-electron chi connectivity index (χ2n) is 8.36. The highest BCUT2D eigenvalue weighted by Crippen LogP contribution is 2.44. The Morgan fingerprint density at radius 1 is 1.06 bits per heavy atom. The van der Waals surface area contributed by atoms with Crippen LogP contribution in [-0.4, -0.2) is 45.5 Å². The Balaban J connectivity index is 1.31. The first kappa shape index (κ1) is 23.0. The van der Waals surface area contributed by atoms with Crippen molar-refractivity contribution < 1.29 is 24.2 Å². The average molecular weight is 463 g/mol. The van der Waals surface area contributed by atoms with Crippen molar-refractivity contribution in [1.29, 1.82) is 0 Å². The van der Waals surface area contributed by atoms with E-state index in [1.807, 2.05) is 24.3 Å². The molecule has 0 bridgehead atoms. The molecule has 0 spiro atoms. The van der Waals surface area contributed by atoms with Crippen LogP contribution < -0.4 is 10.6 Å². The number of nitrogens with zero attached hydrogens (tertiary/aromatic N) is 2. The number of carboxylic acids is 1. The topological polar surface area (TPSA) is 123 Å². The Morgan fingerprint density at radius 2 is 1.68 bits per heavy atom. The number of hydrogen-bond acceptors (Lipinski definition) is 5. The van der Waals surface area contributed by atoms with Crippen molar-refractivity contribution in [2.45, 2.75) is 32.4 Å². The molecule has 1 aromatic heterocycles. The number of hydrogen-bond donors (Lipinski definition) is 3. The number of alkyl carbamates (subject to hydrolysis) is 1. The lowest BCUT2D eigenvalue weighted by Crippen LogP contribution is -2.42. The molecule has 4 rings (SSSR count). The monoisotopic (exact) mass is 462 g/mol. The van der Waals surface area contributed by atoms with Gasteiger partial charge in [-0.15, -0.1) is 0 Å². The lowest BCUT2D eigenvalue weighted by atomic mass is 9.98. The van der Waals surface area contributed by atoms with E-state index in [0.29, 0.717) is 5.69 Å². The Labute approximate surface area is 196 Å². The van der Waals surface area contributed by atoms with Gasteiger partial charge in [0.1, 0.15) is 13.2 Å². The molecule has 2 unspecified atom stereocenters. The maximum atomic E-state index is 12.6. The van der Waals surface area contributed by atoms with Crippen LogP contribution >= 0.6 is 0 Å². The summed E-state index contributed by atoms with van der Waals surface area (Å²) < 4.78 is 6.76. The predicted molar refractivity (Wildman–Crippen MR) is 125 cm³/mol. The van der Waals surface area contributed by atoms with Gasteiger partial charge in [-0.25, -0.2) is 4.79 Å². The van der Waals surface area contributed by atoms with Crippen molar-refractivity contribution in [3.05, 3.63) is 72.1 Å². The average Bonchev–Trinajstić information content (AvgIpc) is 3.38. The highest BCUT2D eigenvalue weighted by atomic mass is 16.5. The molecular weight excluding hydrogens is 436 g/mol. The van der Waals surface area contributed by atoms with Crippen LogP contribution in [0.1, 0.15) is 30.9 Å². The standard InChI is InChI=1S/C25H26N4O5/c1-15(24(32)28-17-11-26-29(12-17)13-23(30)31)16(2)27-25(33)34-14-22-20-9-5-3-7-18(20)19-8-4-6-10-21(19)22/h3-12,15-16,22H,13-14H2,1-2H3,(H,27,33)(H,28,32)(H,30,31). The van der Waals surface area contributed by atoms with Gasteiger partial charge in [0.15, 0.2) is 0 Å². The number of carbonyl (C=O) groups is 3. The van der Waals surface area contributed by atoms with Gasteiger partial charge >= 0.3 is 12.1 Å². The molecule has 34 heavy (non-hydrogen) atoms. The summed E-state index contributed by atoms with van der Waals surface area (Å²) in [6.45, 7) is 3.30. The van der Waals surface area contributed by atoms with E-state index in [9.17, 15) is 14.4 Å². The quantitative estimate of drug-likeness (QED) is 0.471. The van der Waals surface area contributed by atoms with Gasteiger partial charge in [-0.05, 0) is 29.2 Å². The number of anilines is 1. The van der Waals surface area contributed by atoms with Crippen molar-refractivity contribution in [2.75, 3.05) is 11.9 Å². The summed E-state index contributed by atoms with van der Waals surface area (Å²) in [5, 5.41) is 18.1. The lowest BCUT2D eigenvalue weighted by Gasteiger charge is -2.21. The van der Waals surface area contributed by atoms with Crippen LogP contribution in [0.5, 0.6) is 0 Å². The third-order valence-electron chi connectivity index (χ3n) is 6.05. The largest absolute Gasteiger partial charge is 0.480 e. The summed E-state index contributed by atoms with van der Waals surface area (Å²) in [6.07, 6.45) is 2.21. The van der Waals surface area contributed by atoms with E-state index in [-0.39, 0.29) is 25.0 Å². The van der Waals surface area contributed by atoms with Gasteiger partial charge in [0.2, 0.25) is 5.91 Å². The molecule has 0 saturated carbocycles. The van der Waals surface area contributed by atoms with Crippen LogP contribution in [0.25, 0.3) is 11.1 Å². The van der Waals surface area contributed by atoms with Gasteiger partial charge in [-0.2, -0.15) is 5.10 Å². The van der Waals surface area contributed by atoms with Crippen LogP contribution in [0, 0.1) is 5.92 Å². The van der Waals surface area contributed by atoms with E-state index in [4.69, 9.17) is 9.84 Å². The number of fused-ring (bicyclic) bond motifs is 3. The number of aromatic nitrogens is 2. The molecule has 3 N–H and O–H groups in total. The summed E-state index contributed by atoms with van der Waals surface area (Å²) in [4.78, 5) is 35.8. The molecule has 1 aliphatic rings. The van der Waals surface area contributed by atoms with Crippen molar-refractivity contribution in [1.82, 2.24) is 15.1 Å². The highest BCUT2D eigenvalue weighted by molar-refractivity contribution is 5.92. The molecule has 9 heteroatoms. The number of aliphatic carboxylic acids is 1. The van der Waals surface area contributed by atoms with Gasteiger partial charge in [0.25, 0.3) is 0 Å². The van der Waals surface area contributed by atoms with Crippen LogP contribution in [0.2, 0.25) is 0 Å². The number of carbonyl (C=O) groups excluding carboxylic acids is 2. The summed E-state index contributed by atoms with van der Waals surface area (Å²) in [5.74, 6) is -1.98. The maximum Gasteiger partial charge on any atom is 0.407 e. The molecule has 2 amide bonds. The Bertz CT molecular complexity index is 1180. The smallest absolute Gasteiger partial charge is 0.407 e. The minimum absolute atomic E-state index is 0.0449. The molecule has 0 saturated heterocycles. The predicted octanol–water partition coefficient (Wildman–Crippen LogP) is 3.47. The molecule has 2 atom stereocenters. The van der Waals surface area contributed by atoms with Crippen molar-refractivity contribution in [3.63, 3.8) is 0 Å². The van der Waals surface area contributed by atoms with Gasteiger partial charge in [0, 0.05) is 18.2 Å². The van der Waals surface area contributed by atoms with Crippen molar-refractivity contribution in [3.8, 4) is 11.1 Å². The molecule has 1 aliphatic carbocycles. The van der Waals surface area contributed by atoms with Gasteiger partial charge in [0.05, 0.1) is 17.8 Å². The SMILES string of the molecule is CC(NC(=O)OCC1c2ccccc2-c2ccccc21)C(C)C(=O)Nc1cnn(CC(=O)O)c1. The molecule has 0 radical (unpaired) electrons. The van der Waals surface area contributed by atoms with Crippen LogP contribution in [-0.2, 0) is 20.9 Å². The zero-order chi connectivity index (χ0) is 24.2. The molecule has 1 heterocycles. The minimum Gasteiger partial charge on any atom is -0.480 e. The summed E-state index contributed by atoms with van der Waals surface area (Å²) in [6, 6.07) is 15.7. The lowest BCUT2D eigenvalue weighted by molar-refractivity contribution is -0.137. The number of nitrogens with one attached hydrogen (secondary N) is 2. The fourth-order valence-electron chi connectivity index (χ4n) is 4.09. The summed E-state index contributed by atoms with van der Waals surface area (Å²) in [7, 11) is 0. The second-order valence-corrected chi connectivity index (χ2v) is 8.36. The Hall–Kier alpha value is -4.14. The van der Waals surface area contributed by atoms with E-state index in [1.165, 1.54) is 17.1 Å². The molecule has 176 valence electrons. The third kappa shape index (κ3) is 4.93. The number of ether oxygens (including phenoxy) is 1. The fourth-order valence-corrected chi connectivity index (χ4v) is 4.09. The van der Waals surface area contributed by atoms with E-state index in [2.05, 4.69) is 40.0 Å². The molecule has 0 aliphatic heterocycles. The van der Waals surface area contributed by atoms with Gasteiger partial charge in [-0.1, -0.05) is 55.5 Å². The fraction of sp³-hybridized carbons (Fsp3) is 0.280. The first-order valence-electron chi connectivity index (χ1n) is 11.0. The zero-order valence-electron chi connectivity index (χ0n) is 18.9. The van der Waals surface area contributed by atoms with E-state index >= 15 is 0 Å². The Kier molecular flexibility index (Phi) is 6.62. The summed E-state index contributed by atoms with van der Waals surface area (Å²) in [5.41, 5.74) is 4.93. The number of benzene rings is 2. The van der Waals surface area contributed by atoms with E-state index < -0.39 is 24.0 Å². The van der Waals surface area contributed by atoms with Crippen LogP contribution in [0.4, 0.5) is 10.5 Å². The summed E-state index contributed by atoms with van der Waals surface area (Å²) >= 11 is 0. The molecular formula is C25H26N4O5. The highest BCUT2D eigenvalue weighted by Gasteiger charge is 2.29. The zero-order valence-corrected chi connectivity index (χ0v) is 18.9. The first-order chi connectivity index (χ1) is 16.3. The maximum absolute atomic E-state index is 12.6. The molecule has 9 nitrogen and oxygen atoms in total. The van der Waals surface area contributed by atoms with Crippen molar-refractivity contribution >= 4 is 23.7 Å². The molecule has 0 fully saturated rings. The van der Waals surface area contributed by atoms with E-state index in [0.717, 1.165) is 22.3 Å². The number of amides is 2. The first-order valence-corrected chi connectivity index (χ1v) is 11.0.